The Hall–Kier alpha value is -2.10. The molecule has 1 aliphatic rings. The number of aliphatic imine (C=N–C) groups is 1. The zero-order valence-corrected chi connectivity index (χ0v) is 14.7. The first-order valence-corrected chi connectivity index (χ1v) is 8.27. The predicted molar refractivity (Wildman–Crippen MR) is 97.6 cm³/mol. The van der Waals surface area contributed by atoms with Gasteiger partial charge in [0.05, 0.1) is 10.6 Å². The van der Waals surface area contributed by atoms with Gasteiger partial charge in [0.1, 0.15) is 0 Å². The second-order valence-electron chi connectivity index (χ2n) is 5.78. The van der Waals surface area contributed by atoms with Gasteiger partial charge in [-0.05, 0) is 41.3 Å². The summed E-state index contributed by atoms with van der Waals surface area (Å²) < 4.78 is 5.23. The highest BCUT2D eigenvalue weighted by Crippen LogP contribution is 2.26. The van der Waals surface area contributed by atoms with E-state index < -0.39 is 5.97 Å². The highest BCUT2D eigenvalue weighted by Gasteiger charge is 2.25. The molecule has 0 aliphatic carbocycles. The van der Waals surface area contributed by atoms with Gasteiger partial charge >= 0.3 is 5.97 Å². The van der Waals surface area contributed by atoms with Crippen LogP contribution in [0.25, 0.3) is 6.08 Å². The van der Waals surface area contributed by atoms with E-state index in [9.17, 15) is 4.79 Å². The van der Waals surface area contributed by atoms with Crippen molar-refractivity contribution in [1.29, 1.82) is 0 Å². The van der Waals surface area contributed by atoms with E-state index in [0.29, 0.717) is 21.5 Å². The minimum atomic E-state index is -0.496. The Bertz CT molecular complexity index is 852. The average Bonchev–Trinajstić information content (AvgIpc) is 2.88. The molecule has 0 spiro atoms. The summed E-state index contributed by atoms with van der Waals surface area (Å²) in [6.07, 6.45) is 1.70. The van der Waals surface area contributed by atoms with E-state index in [0.717, 1.165) is 5.56 Å². The third-order valence-corrected chi connectivity index (χ3v) is 4.24. The first-order valence-electron chi connectivity index (χ1n) is 7.52. The SMILES string of the molecule is CC(C)c1ccc(/C=C2\N=C(c3ccc(Cl)cc3Cl)OC2=O)cc1. The monoisotopic (exact) mass is 359 g/mol. The molecule has 0 atom stereocenters. The van der Waals surface area contributed by atoms with Crippen molar-refractivity contribution in [1.82, 2.24) is 0 Å². The van der Waals surface area contributed by atoms with Crippen LogP contribution < -0.4 is 0 Å². The lowest BCUT2D eigenvalue weighted by Crippen LogP contribution is -2.05. The smallest absolute Gasteiger partial charge is 0.363 e. The summed E-state index contributed by atoms with van der Waals surface area (Å²) in [7, 11) is 0. The van der Waals surface area contributed by atoms with Gasteiger partial charge in [-0.2, -0.15) is 0 Å². The summed E-state index contributed by atoms with van der Waals surface area (Å²) in [5, 5.41) is 0.895. The van der Waals surface area contributed by atoms with Gasteiger partial charge in [-0.15, -0.1) is 0 Å². The zero-order chi connectivity index (χ0) is 17.3. The molecule has 0 fully saturated rings. The minimum absolute atomic E-state index is 0.187. The van der Waals surface area contributed by atoms with Gasteiger partial charge in [-0.3, -0.25) is 0 Å². The number of hydrogen-bond acceptors (Lipinski definition) is 3. The molecular weight excluding hydrogens is 345 g/mol. The largest absolute Gasteiger partial charge is 0.402 e. The van der Waals surface area contributed by atoms with Crippen molar-refractivity contribution in [2.24, 2.45) is 4.99 Å². The normalized spacial score (nSPS) is 15.8. The molecule has 0 amide bonds. The third-order valence-electron chi connectivity index (χ3n) is 3.69. The third kappa shape index (κ3) is 3.53. The van der Waals surface area contributed by atoms with Crippen LogP contribution in [0.15, 0.2) is 53.2 Å². The number of carbonyl (C=O) groups excluding carboxylic acids is 1. The van der Waals surface area contributed by atoms with Gasteiger partial charge in [0.15, 0.2) is 5.70 Å². The molecule has 0 saturated carbocycles. The topological polar surface area (TPSA) is 38.7 Å². The summed E-state index contributed by atoms with van der Waals surface area (Å²) in [5.41, 5.74) is 2.91. The van der Waals surface area contributed by atoms with Gasteiger partial charge in [0, 0.05) is 5.02 Å². The molecule has 0 N–H and O–H groups in total. The molecule has 1 aliphatic heterocycles. The highest BCUT2D eigenvalue weighted by atomic mass is 35.5. The van der Waals surface area contributed by atoms with Crippen LogP contribution in [-0.4, -0.2) is 11.9 Å². The maximum Gasteiger partial charge on any atom is 0.363 e. The molecule has 2 aromatic carbocycles. The van der Waals surface area contributed by atoms with Crippen LogP contribution in [0.5, 0.6) is 0 Å². The van der Waals surface area contributed by atoms with Crippen LogP contribution in [0.2, 0.25) is 10.0 Å². The molecule has 0 saturated heterocycles. The van der Waals surface area contributed by atoms with Crippen LogP contribution in [0.3, 0.4) is 0 Å². The number of rotatable bonds is 3. The summed E-state index contributed by atoms with van der Waals surface area (Å²) >= 11 is 12.0. The van der Waals surface area contributed by atoms with Gasteiger partial charge in [-0.1, -0.05) is 61.3 Å². The first-order chi connectivity index (χ1) is 11.4. The van der Waals surface area contributed by atoms with E-state index in [4.69, 9.17) is 27.9 Å². The van der Waals surface area contributed by atoms with Crippen molar-refractivity contribution in [3.8, 4) is 0 Å². The number of hydrogen-bond donors (Lipinski definition) is 0. The Morgan fingerprint density at radius 2 is 1.79 bits per heavy atom. The Morgan fingerprint density at radius 1 is 1.08 bits per heavy atom. The van der Waals surface area contributed by atoms with Crippen molar-refractivity contribution in [2.75, 3.05) is 0 Å². The van der Waals surface area contributed by atoms with Crippen LogP contribution >= 0.6 is 23.2 Å². The minimum Gasteiger partial charge on any atom is -0.402 e. The molecule has 0 aromatic heterocycles. The molecule has 3 rings (SSSR count). The highest BCUT2D eigenvalue weighted by molar-refractivity contribution is 6.37. The number of esters is 1. The molecule has 0 unspecified atom stereocenters. The van der Waals surface area contributed by atoms with Crippen LogP contribution in [-0.2, 0) is 9.53 Å². The second-order valence-corrected chi connectivity index (χ2v) is 6.63. The Morgan fingerprint density at radius 3 is 2.42 bits per heavy atom. The van der Waals surface area contributed by atoms with E-state index in [1.165, 1.54) is 5.56 Å². The van der Waals surface area contributed by atoms with Crippen molar-refractivity contribution >= 4 is 41.1 Å². The van der Waals surface area contributed by atoms with Crippen molar-refractivity contribution in [2.45, 2.75) is 19.8 Å². The Labute approximate surface area is 150 Å². The molecular formula is C19H15Cl2NO2. The van der Waals surface area contributed by atoms with Crippen LogP contribution in [0.4, 0.5) is 0 Å². The molecule has 24 heavy (non-hydrogen) atoms. The number of benzene rings is 2. The number of halogens is 2. The quantitative estimate of drug-likeness (QED) is 0.538. The fourth-order valence-corrected chi connectivity index (χ4v) is 2.81. The Balaban J connectivity index is 1.91. The first kappa shape index (κ1) is 16.7. The number of carbonyl (C=O) groups is 1. The lowest BCUT2D eigenvalue weighted by molar-refractivity contribution is -0.129. The predicted octanol–water partition coefficient (Wildman–Crippen LogP) is 5.46. The Kier molecular flexibility index (Phi) is 4.74. The number of nitrogens with zero attached hydrogens (tertiary/aromatic N) is 1. The van der Waals surface area contributed by atoms with Gasteiger partial charge in [0.25, 0.3) is 0 Å². The van der Waals surface area contributed by atoms with Crippen LogP contribution in [0.1, 0.15) is 36.5 Å². The second kappa shape index (κ2) is 6.80. The molecule has 3 nitrogen and oxygen atoms in total. The van der Waals surface area contributed by atoms with Crippen molar-refractivity contribution in [3.05, 3.63) is 74.9 Å². The summed E-state index contributed by atoms with van der Waals surface area (Å²) in [6.45, 7) is 4.27. The number of ether oxygens (including phenoxy) is 1. The van der Waals surface area contributed by atoms with E-state index in [1.807, 2.05) is 24.3 Å². The number of cyclic esters (lactones) is 1. The molecule has 1 heterocycles. The molecule has 2 aromatic rings. The fraction of sp³-hybridized carbons (Fsp3) is 0.158. The molecule has 0 radical (unpaired) electrons. The molecule has 5 heteroatoms. The van der Waals surface area contributed by atoms with Crippen LogP contribution in [0, 0.1) is 0 Å². The lowest BCUT2D eigenvalue weighted by atomic mass is 10.0. The fourth-order valence-electron chi connectivity index (χ4n) is 2.32. The summed E-state index contributed by atoms with van der Waals surface area (Å²) in [5.74, 6) is 0.149. The van der Waals surface area contributed by atoms with E-state index >= 15 is 0 Å². The average molecular weight is 360 g/mol. The summed E-state index contributed by atoms with van der Waals surface area (Å²) in [6, 6.07) is 12.9. The summed E-state index contributed by atoms with van der Waals surface area (Å²) in [4.78, 5) is 16.3. The lowest BCUT2D eigenvalue weighted by Gasteiger charge is -2.04. The van der Waals surface area contributed by atoms with Crippen molar-refractivity contribution < 1.29 is 9.53 Å². The maximum absolute atomic E-state index is 12.0. The van der Waals surface area contributed by atoms with E-state index in [2.05, 4.69) is 18.8 Å². The maximum atomic E-state index is 12.0. The van der Waals surface area contributed by atoms with Gasteiger partial charge in [-0.25, -0.2) is 9.79 Å². The van der Waals surface area contributed by atoms with Crippen molar-refractivity contribution in [3.63, 3.8) is 0 Å². The molecule has 122 valence electrons. The van der Waals surface area contributed by atoms with E-state index in [-0.39, 0.29) is 11.6 Å². The van der Waals surface area contributed by atoms with E-state index in [1.54, 1.807) is 24.3 Å². The standard InChI is InChI=1S/C19H15Cl2NO2/c1-11(2)13-5-3-12(4-6-13)9-17-19(23)24-18(22-17)15-8-7-14(20)10-16(15)21/h3-11H,1-2H3/b17-9-. The van der Waals surface area contributed by atoms with Gasteiger partial charge in [0.2, 0.25) is 5.90 Å². The molecule has 0 bridgehead atoms. The van der Waals surface area contributed by atoms with Gasteiger partial charge < -0.3 is 4.74 Å². The zero-order valence-electron chi connectivity index (χ0n) is 13.2.